The standard InChI is InChI=1S/C13H12N2O4/c1-18-9-3-4-10(14)11(6-9)15-13(17)8-2-5-12(16)19-7-8/h2-7H,14H2,1H3,(H,15,17). The second-order valence-electron chi connectivity index (χ2n) is 3.75. The van der Waals surface area contributed by atoms with Gasteiger partial charge < -0.3 is 20.2 Å². The Morgan fingerprint density at radius 1 is 1.32 bits per heavy atom. The number of nitrogens with two attached hydrogens (primary N) is 1. The number of benzene rings is 1. The summed E-state index contributed by atoms with van der Waals surface area (Å²) in [5, 5.41) is 2.61. The molecule has 1 aromatic carbocycles. The monoisotopic (exact) mass is 260 g/mol. The van der Waals surface area contributed by atoms with Gasteiger partial charge >= 0.3 is 5.63 Å². The summed E-state index contributed by atoms with van der Waals surface area (Å²) < 4.78 is 9.67. The van der Waals surface area contributed by atoms with Gasteiger partial charge in [0, 0.05) is 12.1 Å². The Bertz CT molecular complexity index is 643. The average Bonchev–Trinajstić information content (AvgIpc) is 2.42. The van der Waals surface area contributed by atoms with E-state index in [1.165, 1.54) is 19.2 Å². The molecule has 0 aliphatic heterocycles. The van der Waals surface area contributed by atoms with Crippen molar-refractivity contribution in [3.05, 3.63) is 52.6 Å². The zero-order valence-corrected chi connectivity index (χ0v) is 10.2. The molecule has 0 aliphatic carbocycles. The molecular weight excluding hydrogens is 248 g/mol. The molecule has 1 heterocycles. The van der Waals surface area contributed by atoms with Crippen molar-refractivity contribution in [2.45, 2.75) is 0 Å². The van der Waals surface area contributed by atoms with Gasteiger partial charge in [-0.15, -0.1) is 0 Å². The molecule has 0 unspecified atom stereocenters. The van der Waals surface area contributed by atoms with Gasteiger partial charge in [0.15, 0.2) is 0 Å². The topological polar surface area (TPSA) is 94.6 Å². The molecule has 0 fully saturated rings. The summed E-state index contributed by atoms with van der Waals surface area (Å²) in [7, 11) is 1.52. The molecular formula is C13H12N2O4. The lowest BCUT2D eigenvalue weighted by atomic mass is 10.2. The van der Waals surface area contributed by atoms with Gasteiger partial charge in [0.05, 0.1) is 24.0 Å². The summed E-state index contributed by atoms with van der Waals surface area (Å²) >= 11 is 0. The zero-order chi connectivity index (χ0) is 13.8. The van der Waals surface area contributed by atoms with Crippen LogP contribution in [0.2, 0.25) is 0 Å². The number of hydrogen-bond donors (Lipinski definition) is 2. The fraction of sp³-hybridized carbons (Fsp3) is 0.0769. The van der Waals surface area contributed by atoms with E-state index in [9.17, 15) is 9.59 Å². The molecule has 2 rings (SSSR count). The van der Waals surface area contributed by atoms with Crippen LogP contribution in [0.1, 0.15) is 10.4 Å². The van der Waals surface area contributed by atoms with Crippen LogP contribution in [0.15, 0.2) is 45.8 Å². The Kier molecular flexibility index (Phi) is 3.51. The molecule has 6 nitrogen and oxygen atoms in total. The Hall–Kier alpha value is -2.76. The van der Waals surface area contributed by atoms with Crippen molar-refractivity contribution >= 4 is 17.3 Å². The van der Waals surface area contributed by atoms with Gasteiger partial charge in [-0.1, -0.05) is 0 Å². The lowest BCUT2D eigenvalue weighted by Crippen LogP contribution is -2.14. The van der Waals surface area contributed by atoms with Gasteiger partial charge in [-0.2, -0.15) is 0 Å². The molecule has 0 saturated carbocycles. The van der Waals surface area contributed by atoms with Crippen molar-refractivity contribution in [3.63, 3.8) is 0 Å². The maximum absolute atomic E-state index is 11.9. The van der Waals surface area contributed by atoms with Crippen LogP contribution < -0.4 is 21.4 Å². The zero-order valence-electron chi connectivity index (χ0n) is 10.2. The smallest absolute Gasteiger partial charge is 0.335 e. The number of carbonyl (C=O) groups is 1. The Morgan fingerprint density at radius 2 is 2.11 bits per heavy atom. The van der Waals surface area contributed by atoms with Gasteiger partial charge in [-0.05, 0) is 18.2 Å². The van der Waals surface area contributed by atoms with Crippen LogP contribution in [0.25, 0.3) is 0 Å². The van der Waals surface area contributed by atoms with Gasteiger partial charge in [-0.3, -0.25) is 4.79 Å². The van der Waals surface area contributed by atoms with E-state index in [1.807, 2.05) is 0 Å². The lowest BCUT2D eigenvalue weighted by Gasteiger charge is -2.09. The maximum Gasteiger partial charge on any atom is 0.335 e. The highest BCUT2D eigenvalue weighted by molar-refractivity contribution is 6.05. The van der Waals surface area contributed by atoms with Crippen LogP contribution in [0.5, 0.6) is 5.75 Å². The molecule has 0 saturated heterocycles. The first-order valence-electron chi connectivity index (χ1n) is 5.44. The van der Waals surface area contributed by atoms with Gasteiger partial charge in [0.25, 0.3) is 5.91 Å². The quantitative estimate of drug-likeness (QED) is 0.815. The second-order valence-corrected chi connectivity index (χ2v) is 3.75. The van der Waals surface area contributed by atoms with E-state index >= 15 is 0 Å². The van der Waals surface area contributed by atoms with Crippen molar-refractivity contribution in [1.29, 1.82) is 0 Å². The SMILES string of the molecule is COc1ccc(N)c(NC(=O)c2ccc(=O)oc2)c1. The number of methoxy groups -OCH3 is 1. The molecule has 0 spiro atoms. The number of ether oxygens (including phenoxy) is 1. The first-order valence-corrected chi connectivity index (χ1v) is 5.44. The fourth-order valence-corrected chi connectivity index (χ4v) is 1.45. The second kappa shape index (κ2) is 5.26. The molecule has 1 amide bonds. The number of amides is 1. The normalized spacial score (nSPS) is 9.95. The Balaban J connectivity index is 2.23. The first kappa shape index (κ1) is 12.7. The summed E-state index contributed by atoms with van der Waals surface area (Å²) in [6.07, 6.45) is 1.09. The third-order valence-electron chi connectivity index (χ3n) is 2.47. The molecule has 0 bridgehead atoms. The van der Waals surface area contributed by atoms with E-state index in [0.717, 1.165) is 6.26 Å². The number of carbonyl (C=O) groups excluding carboxylic acids is 1. The average molecular weight is 260 g/mol. The summed E-state index contributed by atoms with van der Waals surface area (Å²) in [4.78, 5) is 22.7. The third-order valence-corrected chi connectivity index (χ3v) is 2.47. The third kappa shape index (κ3) is 2.92. The summed E-state index contributed by atoms with van der Waals surface area (Å²) in [6, 6.07) is 7.46. The van der Waals surface area contributed by atoms with Crippen LogP contribution in [0, 0.1) is 0 Å². The minimum atomic E-state index is -0.516. The Morgan fingerprint density at radius 3 is 2.74 bits per heavy atom. The summed E-state index contributed by atoms with van der Waals surface area (Å²) in [6.45, 7) is 0. The van der Waals surface area contributed by atoms with Crippen LogP contribution in [-0.2, 0) is 0 Å². The molecule has 19 heavy (non-hydrogen) atoms. The molecule has 0 atom stereocenters. The van der Waals surface area contributed by atoms with Crippen molar-refractivity contribution < 1.29 is 13.9 Å². The fourth-order valence-electron chi connectivity index (χ4n) is 1.45. The van der Waals surface area contributed by atoms with Crippen molar-refractivity contribution in [3.8, 4) is 5.75 Å². The number of anilines is 2. The van der Waals surface area contributed by atoms with E-state index in [-0.39, 0.29) is 5.56 Å². The molecule has 2 aromatic rings. The molecule has 0 aliphatic rings. The minimum Gasteiger partial charge on any atom is -0.497 e. The maximum atomic E-state index is 11.9. The highest BCUT2D eigenvalue weighted by Gasteiger charge is 2.09. The van der Waals surface area contributed by atoms with Crippen LogP contribution >= 0.6 is 0 Å². The first-order chi connectivity index (χ1) is 9.10. The number of hydrogen-bond acceptors (Lipinski definition) is 5. The molecule has 6 heteroatoms. The van der Waals surface area contributed by atoms with Crippen LogP contribution in [-0.4, -0.2) is 13.0 Å². The number of nitrogen functional groups attached to an aromatic ring is 1. The van der Waals surface area contributed by atoms with Crippen molar-refractivity contribution in [1.82, 2.24) is 0 Å². The van der Waals surface area contributed by atoms with E-state index in [4.69, 9.17) is 10.5 Å². The lowest BCUT2D eigenvalue weighted by molar-refractivity contribution is 0.102. The van der Waals surface area contributed by atoms with E-state index in [0.29, 0.717) is 17.1 Å². The van der Waals surface area contributed by atoms with Crippen molar-refractivity contribution in [2.24, 2.45) is 0 Å². The molecule has 98 valence electrons. The summed E-state index contributed by atoms with van der Waals surface area (Å²) in [5.41, 5.74) is 6.29. The number of nitrogens with one attached hydrogen (secondary N) is 1. The van der Waals surface area contributed by atoms with Crippen molar-refractivity contribution in [2.75, 3.05) is 18.2 Å². The highest BCUT2D eigenvalue weighted by Crippen LogP contribution is 2.24. The van der Waals surface area contributed by atoms with E-state index in [1.54, 1.807) is 18.2 Å². The summed E-state index contributed by atoms with van der Waals surface area (Å²) in [5.74, 6) is 0.146. The molecule has 0 radical (unpaired) electrons. The predicted octanol–water partition coefficient (Wildman–Crippen LogP) is 1.48. The van der Waals surface area contributed by atoms with Gasteiger partial charge in [-0.25, -0.2) is 4.79 Å². The molecule has 3 N–H and O–H groups in total. The highest BCUT2D eigenvalue weighted by atomic mass is 16.5. The van der Waals surface area contributed by atoms with Crippen LogP contribution in [0.4, 0.5) is 11.4 Å². The van der Waals surface area contributed by atoms with Gasteiger partial charge in [0.2, 0.25) is 0 Å². The van der Waals surface area contributed by atoms with E-state index < -0.39 is 11.5 Å². The van der Waals surface area contributed by atoms with E-state index in [2.05, 4.69) is 9.73 Å². The predicted molar refractivity (Wildman–Crippen MR) is 70.3 cm³/mol. The number of rotatable bonds is 3. The Labute approximate surface area is 108 Å². The minimum absolute atomic E-state index is 0.224. The van der Waals surface area contributed by atoms with Gasteiger partial charge in [0.1, 0.15) is 12.0 Å². The largest absolute Gasteiger partial charge is 0.497 e. The van der Waals surface area contributed by atoms with Crippen LogP contribution in [0.3, 0.4) is 0 Å². The molecule has 1 aromatic heterocycles.